The summed E-state index contributed by atoms with van der Waals surface area (Å²) in [6.45, 7) is -0.736. The van der Waals surface area contributed by atoms with Gasteiger partial charge in [0.15, 0.2) is 11.6 Å². The van der Waals surface area contributed by atoms with Crippen molar-refractivity contribution >= 4 is 5.69 Å². The number of ether oxygens (including phenoxy) is 1. The van der Waals surface area contributed by atoms with Crippen LogP contribution in [0.5, 0.6) is 5.75 Å². The Balaban J connectivity index is 3.15. The number of hydrogen-bond donors (Lipinski definition) is 2. The van der Waals surface area contributed by atoms with Crippen molar-refractivity contribution in [2.75, 3.05) is 5.73 Å². The van der Waals surface area contributed by atoms with Crippen molar-refractivity contribution in [1.82, 2.24) is 0 Å². The lowest BCUT2D eigenvalue weighted by molar-refractivity contribution is -0.275. The second-order valence-electron chi connectivity index (χ2n) is 2.66. The first-order valence-corrected chi connectivity index (χ1v) is 3.78. The minimum Gasteiger partial charge on any atom is -0.400 e. The first kappa shape index (κ1) is 11.6. The SMILES string of the molecule is Nc1ccc(CO)c(F)c1OC(F)(F)F. The highest BCUT2D eigenvalue weighted by Crippen LogP contribution is 2.32. The van der Waals surface area contributed by atoms with Gasteiger partial charge in [-0.3, -0.25) is 0 Å². The summed E-state index contributed by atoms with van der Waals surface area (Å²) in [5.41, 5.74) is 4.31. The number of aliphatic hydroxyl groups excluding tert-OH is 1. The molecule has 0 saturated carbocycles. The molecule has 0 spiro atoms. The highest BCUT2D eigenvalue weighted by molar-refractivity contribution is 5.55. The van der Waals surface area contributed by atoms with Crippen molar-refractivity contribution in [1.29, 1.82) is 0 Å². The van der Waals surface area contributed by atoms with Crippen LogP contribution in [0.4, 0.5) is 23.2 Å². The van der Waals surface area contributed by atoms with E-state index in [4.69, 9.17) is 10.8 Å². The van der Waals surface area contributed by atoms with Crippen molar-refractivity contribution in [3.8, 4) is 5.75 Å². The average Bonchev–Trinajstić information content (AvgIpc) is 2.11. The zero-order chi connectivity index (χ0) is 11.6. The van der Waals surface area contributed by atoms with Gasteiger partial charge >= 0.3 is 6.36 Å². The van der Waals surface area contributed by atoms with Crippen molar-refractivity contribution in [3.05, 3.63) is 23.5 Å². The Kier molecular flexibility index (Phi) is 3.04. The number of aliphatic hydroxyl groups is 1. The number of benzene rings is 1. The van der Waals surface area contributed by atoms with Gasteiger partial charge in [0.05, 0.1) is 12.3 Å². The number of nitrogens with two attached hydrogens (primary N) is 1. The number of nitrogen functional groups attached to an aromatic ring is 1. The molecule has 0 unspecified atom stereocenters. The lowest BCUT2D eigenvalue weighted by atomic mass is 10.2. The van der Waals surface area contributed by atoms with Gasteiger partial charge in [0.1, 0.15) is 0 Å². The minimum absolute atomic E-state index is 0.316. The first-order chi connectivity index (χ1) is 6.85. The van der Waals surface area contributed by atoms with E-state index < -0.39 is 30.2 Å². The quantitative estimate of drug-likeness (QED) is 0.596. The molecular weight excluding hydrogens is 218 g/mol. The van der Waals surface area contributed by atoms with Gasteiger partial charge in [0, 0.05) is 5.56 Å². The molecule has 84 valence electrons. The molecule has 1 aromatic rings. The Morgan fingerprint density at radius 3 is 2.40 bits per heavy atom. The van der Waals surface area contributed by atoms with Crippen molar-refractivity contribution in [2.24, 2.45) is 0 Å². The molecule has 0 amide bonds. The average molecular weight is 225 g/mol. The zero-order valence-electron chi connectivity index (χ0n) is 7.31. The number of hydrogen-bond acceptors (Lipinski definition) is 3. The van der Waals surface area contributed by atoms with Gasteiger partial charge in [0.25, 0.3) is 0 Å². The van der Waals surface area contributed by atoms with Gasteiger partial charge in [-0.1, -0.05) is 6.07 Å². The van der Waals surface area contributed by atoms with E-state index in [1.807, 2.05) is 0 Å². The van der Waals surface area contributed by atoms with Crippen molar-refractivity contribution < 1.29 is 27.4 Å². The molecule has 3 N–H and O–H groups in total. The van der Waals surface area contributed by atoms with Gasteiger partial charge in [-0.25, -0.2) is 4.39 Å². The molecule has 0 aliphatic carbocycles. The second-order valence-corrected chi connectivity index (χ2v) is 2.66. The van der Waals surface area contributed by atoms with E-state index in [2.05, 4.69) is 4.74 Å². The van der Waals surface area contributed by atoms with Crippen LogP contribution in [0.3, 0.4) is 0 Å². The molecule has 0 aliphatic heterocycles. The van der Waals surface area contributed by atoms with Gasteiger partial charge < -0.3 is 15.6 Å². The zero-order valence-corrected chi connectivity index (χ0v) is 7.31. The van der Waals surface area contributed by atoms with Crippen LogP contribution in [0.15, 0.2) is 12.1 Å². The number of alkyl halides is 3. The van der Waals surface area contributed by atoms with Gasteiger partial charge in [0.2, 0.25) is 0 Å². The Labute approximate surface area is 82.1 Å². The summed E-state index contributed by atoms with van der Waals surface area (Å²) in [6, 6.07) is 2.10. The van der Waals surface area contributed by atoms with Crippen LogP contribution >= 0.6 is 0 Å². The Morgan fingerprint density at radius 2 is 1.93 bits per heavy atom. The predicted molar refractivity (Wildman–Crippen MR) is 43.4 cm³/mol. The van der Waals surface area contributed by atoms with E-state index in [0.717, 1.165) is 12.1 Å². The normalized spacial score (nSPS) is 11.5. The van der Waals surface area contributed by atoms with Gasteiger partial charge in [-0.05, 0) is 6.07 Å². The van der Waals surface area contributed by atoms with E-state index in [-0.39, 0.29) is 5.56 Å². The van der Waals surface area contributed by atoms with Crippen LogP contribution in [0, 0.1) is 5.82 Å². The minimum atomic E-state index is -5.02. The smallest absolute Gasteiger partial charge is 0.400 e. The Bertz CT molecular complexity index is 364. The van der Waals surface area contributed by atoms with E-state index in [1.54, 1.807) is 0 Å². The third-order valence-corrected chi connectivity index (χ3v) is 1.60. The summed E-state index contributed by atoms with van der Waals surface area (Å²) in [6.07, 6.45) is -5.02. The van der Waals surface area contributed by atoms with Crippen LogP contribution in [-0.2, 0) is 6.61 Å². The van der Waals surface area contributed by atoms with Crippen LogP contribution < -0.4 is 10.5 Å². The Morgan fingerprint density at radius 1 is 1.33 bits per heavy atom. The lowest BCUT2D eigenvalue weighted by Crippen LogP contribution is -2.19. The van der Waals surface area contributed by atoms with E-state index in [9.17, 15) is 17.6 Å². The first-order valence-electron chi connectivity index (χ1n) is 3.78. The topological polar surface area (TPSA) is 55.5 Å². The molecule has 1 aromatic carbocycles. The molecule has 7 heteroatoms. The maximum atomic E-state index is 13.2. The summed E-state index contributed by atoms with van der Waals surface area (Å²) in [4.78, 5) is 0. The molecule has 0 aromatic heterocycles. The van der Waals surface area contributed by atoms with E-state index in [1.165, 1.54) is 0 Å². The molecule has 0 atom stereocenters. The van der Waals surface area contributed by atoms with Crippen LogP contribution in [0.2, 0.25) is 0 Å². The second kappa shape index (κ2) is 3.93. The monoisotopic (exact) mass is 225 g/mol. The fourth-order valence-electron chi connectivity index (χ4n) is 0.953. The van der Waals surface area contributed by atoms with E-state index in [0.29, 0.717) is 0 Å². The van der Waals surface area contributed by atoms with E-state index >= 15 is 0 Å². The molecule has 15 heavy (non-hydrogen) atoms. The molecule has 0 aliphatic rings. The number of halogens is 4. The Hall–Kier alpha value is -1.50. The fourth-order valence-corrected chi connectivity index (χ4v) is 0.953. The summed E-state index contributed by atoms with van der Waals surface area (Å²) in [5, 5.41) is 8.61. The molecule has 3 nitrogen and oxygen atoms in total. The lowest BCUT2D eigenvalue weighted by Gasteiger charge is -2.13. The van der Waals surface area contributed by atoms with Crippen LogP contribution in [0.25, 0.3) is 0 Å². The van der Waals surface area contributed by atoms with Crippen molar-refractivity contribution in [3.63, 3.8) is 0 Å². The van der Waals surface area contributed by atoms with Gasteiger partial charge in [-0.15, -0.1) is 13.2 Å². The maximum absolute atomic E-state index is 13.2. The third-order valence-electron chi connectivity index (χ3n) is 1.60. The fraction of sp³-hybridized carbons (Fsp3) is 0.250. The molecule has 1 rings (SSSR count). The molecule has 0 heterocycles. The third kappa shape index (κ3) is 2.72. The van der Waals surface area contributed by atoms with Crippen LogP contribution in [0.1, 0.15) is 5.56 Å². The number of anilines is 1. The molecule has 0 fully saturated rings. The molecule has 0 radical (unpaired) electrons. The predicted octanol–water partition coefficient (Wildman–Crippen LogP) is 1.80. The maximum Gasteiger partial charge on any atom is 0.573 e. The summed E-state index contributed by atoms with van der Waals surface area (Å²) >= 11 is 0. The molecular formula is C8H7F4NO2. The summed E-state index contributed by atoms with van der Waals surface area (Å²) < 4.78 is 52.1. The summed E-state index contributed by atoms with van der Waals surface area (Å²) in [5.74, 6) is -2.43. The standard InChI is InChI=1S/C8H7F4NO2/c9-6-4(3-14)1-2-5(13)7(6)15-8(10,11)12/h1-2,14H,3,13H2. The van der Waals surface area contributed by atoms with Gasteiger partial charge in [-0.2, -0.15) is 0 Å². The molecule has 0 saturated heterocycles. The largest absolute Gasteiger partial charge is 0.573 e. The van der Waals surface area contributed by atoms with Crippen LogP contribution in [-0.4, -0.2) is 11.5 Å². The number of rotatable bonds is 2. The van der Waals surface area contributed by atoms with Crippen molar-refractivity contribution in [2.45, 2.75) is 13.0 Å². The highest BCUT2D eigenvalue weighted by Gasteiger charge is 2.33. The highest BCUT2D eigenvalue weighted by atomic mass is 19.4. The molecule has 0 bridgehead atoms. The summed E-state index contributed by atoms with van der Waals surface area (Å²) in [7, 11) is 0.